The van der Waals surface area contributed by atoms with Crippen LogP contribution >= 0.6 is 15.9 Å². The summed E-state index contributed by atoms with van der Waals surface area (Å²) in [6, 6.07) is 12.3. The number of halogens is 2. The number of carbonyl (C=O) groups is 2. The number of benzene rings is 2. The van der Waals surface area contributed by atoms with Crippen molar-refractivity contribution >= 4 is 33.5 Å². The molecule has 0 bridgehead atoms. The van der Waals surface area contributed by atoms with E-state index in [0.717, 1.165) is 4.47 Å². The van der Waals surface area contributed by atoms with Gasteiger partial charge < -0.3 is 14.8 Å². The first kappa shape index (κ1) is 17.9. The van der Waals surface area contributed by atoms with Gasteiger partial charge in [-0.05, 0) is 49.4 Å². The standard InChI is InChI=1S/C17H15BrFNO4/c1-11(24-15-7-5-13(19)6-8-15)17(22)23-10-16(21)20-14-4-2-3-12(18)9-14/h2-9,11H,10H2,1H3,(H,20,21)/t11-/m1/s1. The molecule has 0 unspecified atom stereocenters. The van der Waals surface area contributed by atoms with E-state index >= 15 is 0 Å². The lowest BCUT2D eigenvalue weighted by Gasteiger charge is -2.14. The first-order valence-electron chi connectivity index (χ1n) is 7.08. The van der Waals surface area contributed by atoms with Crippen LogP contribution in [0.4, 0.5) is 10.1 Å². The summed E-state index contributed by atoms with van der Waals surface area (Å²) >= 11 is 3.29. The molecule has 24 heavy (non-hydrogen) atoms. The molecular formula is C17H15BrFNO4. The summed E-state index contributed by atoms with van der Waals surface area (Å²) in [4.78, 5) is 23.6. The minimum atomic E-state index is -0.922. The van der Waals surface area contributed by atoms with Crippen molar-refractivity contribution in [1.82, 2.24) is 0 Å². The highest BCUT2D eigenvalue weighted by Gasteiger charge is 2.18. The lowest BCUT2D eigenvalue weighted by Crippen LogP contribution is -2.29. The Morgan fingerprint density at radius 3 is 2.58 bits per heavy atom. The fourth-order valence-corrected chi connectivity index (χ4v) is 2.18. The molecule has 0 spiro atoms. The quantitative estimate of drug-likeness (QED) is 0.759. The Hall–Kier alpha value is -2.41. The minimum Gasteiger partial charge on any atom is -0.479 e. The number of amides is 1. The maximum Gasteiger partial charge on any atom is 0.347 e. The Kier molecular flexibility index (Phi) is 6.31. The third kappa shape index (κ3) is 5.66. The molecule has 0 radical (unpaired) electrons. The second-order valence-electron chi connectivity index (χ2n) is 4.88. The van der Waals surface area contributed by atoms with Gasteiger partial charge in [-0.25, -0.2) is 9.18 Å². The van der Waals surface area contributed by atoms with Gasteiger partial charge in [-0.2, -0.15) is 0 Å². The molecule has 0 fully saturated rings. The Morgan fingerprint density at radius 1 is 1.21 bits per heavy atom. The van der Waals surface area contributed by atoms with Crippen LogP contribution in [0.5, 0.6) is 5.75 Å². The number of hydrogen-bond acceptors (Lipinski definition) is 4. The van der Waals surface area contributed by atoms with Gasteiger partial charge in [-0.15, -0.1) is 0 Å². The summed E-state index contributed by atoms with van der Waals surface area (Å²) in [6.07, 6.45) is -0.922. The van der Waals surface area contributed by atoms with Crippen molar-refractivity contribution in [2.24, 2.45) is 0 Å². The second-order valence-corrected chi connectivity index (χ2v) is 5.80. The predicted molar refractivity (Wildman–Crippen MR) is 90.2 cm³/mol. The van der Waals surface area contributed by atoms with E-state index in [-0.39, 0.29) is 0 Å². The average molecular weight is 396 g/mol. The van der Waals surface area contributed by atoms with Crippen LogP contribution in [0.25, 0.3) is 0 Å². The Bertz CT molecular complexity index is 721. The van der Waals surface area contributed by atoms with Gasteiger partial charge >= 0.3 is 5.97 Å². The summed E-state index contributed by atoms with van der Waals surface area (Å²) in [5, 5.41) is 2.60. The molecule has 0 aromatic heterocycles. The normalized spacial score (nSPS) is 11.5. The number of rotatable bonds is 6. The number of ether oxygens (including phenoxy) is 2. The number of anilines is 1. The zero-order chi connectivity index (χ0) is 17.5. The van der Waals surface area contributed by atoms with Crippen molar-refractivity contribution in [3.63, 3.8) is 0 Å². The molecule has 0 aliphatic carbocycles. The molecule has 0 aliphatic heterocycles. The molecule has 0 heterocycles. The van der Waals surface area contributed by atoms with Crippen molar-refractivity contribution in [3.05, 3.63) is 58.8 Å². The van der Waals surface area contributed by atoms with E-state index in [4.69, 9.17) is 9.47 Å². The van der Waals surface area contributed by atoms with E-state index in [9.17, 15) is 14.0 Å². The van der Waals surface area contributed by atoms with Gasteiger partial charge in [-0.1, -0.05) is 22.0 Å². The Labute approximate surface area is 146 Å². The first-order valence-corrected chi connectivity index (χ1v) is 7.87. The molecule has 126 valence electrons. The molecule has 0 saturated carbocycles. The van der Waals surface area contributed by atoms with Gasteiger partial charge in [0.15, 0.2) is 12.7 Å². The minimum absolute atomic E-state index is 0.333. The topological polar surface area (TPSA) is 64.6 Å². The van der Waals surface area contributed by atoms with Crippen molar-refractivity contribution in [1.29, 1.82) is 0 Å². The van der Waals surface area contributed by atoms with Crippen LogP contribution < -0.4 is 10.1 Å². The van der Waals surface area contributed by atoms with Crippen LogP contribution in [0.1, 0.15) is 6.92 Å². The van der Waals surface area contributed by atoms with E-state index < -0.39 is 30.4 Å². The lowest BCUT2D eigenvalue weighted by atomic mass is 10.3. The van der Waals surface area contributed by atoms with Crippen LogP contribution in [-0.4, -0.2) is 24.6 Å². The SMILES string of the molecule is C[C@@H](Oc1ccc(F)cc1)C(=O)OCC(=O)Nc1cccc(Br)c1. The van der Waals surface area contributed by atoms with Gasteiger partial charge in [0.2, 0.25) is 0 Å². The molecule has 2 aromatic carbocycles. The van der Waals surface area contributed by atoms with Crippen LogP contribution in [0.15, 0.2) is 53.0 Å². The molecule has 5 nitrogen and oxygen atoms in total. The largest absolute Gasteiger partial charge is 0.479 e. The van der Waals surface area contributed by atoms with E-state index in [1.165, 1.54) is 31.2 Å². The van der Waals surface area contributed by atoms with Crippen LogP contribution in [0, 0.1) is 5.82 Å². The Balaban J connectivity index is 1.79. The molecule has 0 saturated heterocycles. The van der Waals surface area contributed by atoms with Gasteiger partial charge in [-0.3, -0.25) is 4.79 Å². The van der Waals surface area contributed by atoms with Crippen molar-refractivity contribution in [3.8, 4) is 5.75 Å². The molecule has 0 aliphatic rings. The molecule has 1 amide bonds. The highest BCUT2D eigenvalue weighted by molar-refractivity contribution is 9.10. The monoisotopic (exact) mass is 395 g/mol. The predicted octanol–water partition coefficient (Wildman–Crippen LogP) is 3.54. The van der Waals surface area contributed by atoms with Crippen LogP contribution in [0.2, 0.25) is 0 Å². The van der Waals surface area contributed by atoms with E-state index in [2.05, 4.69) is 21.2 Å². The highest BCUT2D eigenvalue weighted by atomic mass is 79.9. The zero-order valence-electron chi connectivity index (χ0n) is 12.8. The molecule has 7 heteroatoms. The fraction of sp³-hybridized carbons (Fsp3) is 0.176. The van der Waals surface area contributed by atoms with Gasteiger partial charge in [0.05, 0.1) is 0 Å². The van der Waals surface area contributed by atoms with E-state index in [1.54, 1.807) is 18.2 Å². The molecular weight excluding hydrogens is 381 g/mol. The van der Waals surface area contributed by atoms with Crippen molar-refractivity contribution in [2.75, 3.05) is 11.9 Å². The van der Waals surface area contributed by atoms with Crippen molar-refractivity contribution < 1.29 is 23.5 Å². The summed E-state index contributed by atoms with van der Waals surface area (Å²) in [5.74, 6) is -1.22. The third-order valence-electron chi connectivity index (χ3n) is 2.91. The summed E-state index contributed by atoms with van der Waals surface area (Å²) < 4.78 is 23.8. The fourth-order valence-electron chi connectivity index (χ4n) is 1.78. The van der Waals surface area contributed by atoms with Gasteiger partial charge in [0, 0.05) is 10.2 Å². The second kappa shape index (κ2) is 8.44. The third-order valence-corrected chi connectivity index (χ3v) is 3.41. The summed E-state index contributed by atoms with van der Waals surface area (Å²) in [7, 11) is 0. The zero-order valence-corrected chi connectivity index (χ0v) is 14.4. The molecule has 2 rings (SSSR count). The molecule has 1 atom stereocenters. The van der Waals surface area contributed by atoms with E-state index in [0.29, 0.717) is 11.4 Å². The number of esters is 1. The molecule has 1 N–H and O–H groups in total. The average Bonchev–Trinajstić information content (AvgIpc) is 2.54. The lowest BCUT2D eigenvalue weighted by molar-refractivity contribution is -0.153. The smallest absolute Gasteiger partial charge is 0.347 e. The number of nitrogens with one attached hydrogen (secondary N) is 1. The van der Waals surface area contributed by atoms with Crippen LogP contribution in [0.3, 0.4) is 0 Å². The van der Waals surface area contributed by atoms with Gasteiger partial charge in [0.25, 0.3) is 5.91 Å². The molecule has 2 aromatic rings. The summed E-state index contributed by atoms with van der Waals surface area (Å²) in [6.45, 7) is 1.06. The maximum atomic E-state index is 12.8. The Morgan fingerprint density at radius 2 is 1.92 bits per heavy atom. The van der Waals surface area contributed by atoms with Gasteiger partial charge in [0.1, 0.15) is 11.6 Å². The van der Waals surface area contributed by atoms with E-state index in [1.807, 2.05) is 6.07 Å². The van der Waals surface area contributed by atoms with Crippen molar-refractivity contribution in [2.45, 2.75) is 13.0 Å². The maximum absolute atomic E-state index is 12.8. The summed E-state index contributed by atoms with van der Waals surface area (Å²) in [5.41, 5.74) is 0.584. The highest BCUT2D eigenvalue weighted by Crippen LogP contribution is 2.16. The van der Waals surface area contributed by atoms with Crippen LogP contribution in [-0.2, 0) is 14.3 Å². The number of hydrogen-bond donors (Lipinski definition) is 1. The first-order chi connectivity index (χ1) is 11.4. The number of carbonyl (C=O) groups excluding carboxylic acids is 2.